The fourth-order valence-corrected chi connectivity index (χ4v) is 3.31. The van der Waals surface area contributed by atoms with Crippen molar-refractivity contribution < 1.29 is 4.74 Å². The number of benzene rings is 2. The van der Waals surface area contributed by atoms with Gasteiger partial charge in [0, 0.05) is 18.3 Å². The molecule has 0 amide bonds. The topological polar surface area (TPSA) is 34.1 Å². The second kappa shape index (κ2) is 7.54. The van der Waals surface area contributed by atoms with Gasteiger partial charge in [0.1, 0.15) is 12.4 Å². The minimum atomic E-state index is 0.452. The van der Waals surface area contributed by atoms with Crippen LogP contribution in [0.2, 0.25) is 0 Å². The molecule has 0 spiro atoms. The third-order valence-corrected chi connectivity index (χ3v) is 4.74. The van der Waals surface area contributed by atoms with Gasteiger partial charge in [0.25, 0.3) is 0 Å². The summed E-state index contributed by atoms with van der Waals surface area (Å²) in [5, 5.41) is 3.45. The van der Waals surface area contributed by atoms with Crippen LogP contribution in [-0.4, -0.2) is 11.5 Å². The molecule has 0 radical (unpaired) electrons. The number of ether oxygens (including phenoxy) is 1. The molecule has 0 atom stereocenters. The number of hydrogen-bond acceptors (Lipinski definition) is 3. The van der Waals surface area contributed by atoms with E-state index in [1.54, 1.807) is 6.20 Å². The summed E-state index contributed by atoms with van der Waals surface area (Å²) in [5.41, 5.74) is 7.07. The molecule has 1 aliphatic rings. The van der Waals surface area contributed by atoms with Gasteiger partial charge in [-0.3, -0.25) is 4.98 Å². The SMILES string of the molecule is C=Cc1ccc(OCc2ccccn2)c(-c2ccc3c(c2)CNCC3)c1. The van der Waals surface area contributed by atoms with Crippen molar-refractivity contribution in [1.29, 1.82) is 0 Å². The molecule has 3 nitrogen and oxygen atoms in total. The molecule has 2 aromatic carbocycles. The van der Waals surface area contributed by atoms with Crippen molar-refractivity contribution in [2.45, 2.75) is 19.6 Å². The van der Waals surface area contributed by atoms with Gasteiger partial charge in [-0.25, -0.2) is 0 Å². The minimum absolute atomic E-state index is 0.452. The van der Waals surface area contributed by atoms with Crippen LogP contribution < -0.4 is 10.1 Å². The summed E-state index contributed by atoms with van der Waals surface area (Å²) in [6.07, 6.45) is 4.74. The number of pyridine rings is 1. The van der Waals surface area contributed by atoms with E-state index < -0.39 is 0 Å². The van der Waals surface area contributed by atoms with Crippen molar-refractivity contribution in [3.63, 3.8) is 0 Å². The number of fused-ring (bicyclic) bond motifs is 1. The standard InChI is InChI=1S/C23H22N2O/c1-2-17-6-9-23(26-16-21-5-3-4-11-25-21)22(13-17)19-8-7-18-10-12-24-15-20(18)14-19/h2-9,11,13-14,24H,1,10,12,15-16H2. The molecular formula is C23H22N2O. The molecular weight excluding hydrogens is 320 g/mol. The first-order valence-corrected chi connectivity index (χ1v) is 8.95. The van der Waals surface area contributed by atoms with Crippen LogP contribution in [0, 0.1) is 0 Å². The van der Waals surface area contributed by atoms with Crippen molar-refractivity contribution >= 4 is 6.08 Å². The Balaban J connectivity index is 1.68. The highest BCUT2D eigenvalue weighted by molar-refractivity contribution is 5.74. The Morgan fingerprint density at radius 3 is 2.88 bits per heavy atom. The molecule has 0 fully saturated rings. The van der Waals surface area contributed by atoms with Crippen LogP contribution in [0.3, 0.4) is 0 Å². The van der Waals surface area contributed by atoms with E-state index in [-0.39, 0.29) is 0 Å². The normalized spacial score (nSPS) is 13.1. The molecule has 0 saturated carbocycles. The predicted molar refractivity (Wildman–Crippen MR) is 106 cm³/mol. The maximum Gasteiger partial charge on any atom is 0.130 e. The highest BCUT2D eigenvalue weighted by Crippen LogP contribution is 2.33. The smallest absolute Gasteiger partial charge is 0.130 e. The van der Waals surface area contributed by atoms with E-state index in [0.29, 0.717) is 6.61 Å². The van der Waals surface area contributed by atoms with E-state index >= 15 is 0 Å². The third-order valence-electron chi connectivity index (χ3n) is 4.74. The lowest BCUT2D eigenvalue weighted by molar-refractivity contribution is 0.302. The summed E-state index contributed by atoms with van der Waals surface area (Å²) in [7, 11) is 0. The lowest BCUT2D eigenvalue weighted by Crippen LogP contribution is -2.23. The molecule has 3 heteroatoms. The highest BCUT2D eigenvalue weighted by atomic mass is 16.5. The third kappa shape index (κ3) is 3.53. The fraction of sp³-hybridized carbons (Fsp3) is 0.174. The van der Waals surface area contributed by atoms with Gasteiger partial charge in [-0.2, -0.15) is 0 Å². The highest BCUT2D eigenvalue weighted by Gasteiger charge is 2.13. The van der Waals surface area contributed by atoms with E-state index in [1.807, 2.05) is 36.4 Å². The maximum atomic E-state index is 6.11. The summed E-state index contributed by atoms with van der Waals surface area (Å²) in [4.78, 5) is 4.34. The zero-order chi connectivity index (χ0) is 17.8. The first kappa shape index (κ1) is 16.6. The van der Waals surface area contributed by atoms with Gasteiger partial charge < -0.3 is 10.1 Å². The van der Waals surface area contributed by atoms with Gasteiger partial charge in [-0.1, -0.05) is 36.9 Å². The molecule has 26 heavy (non-hydrogen) atoms. The van der Waals surface area contributed by atoms with Gasteiger partial charge in [-0.05, 0) is 65.6 Å². The molecule has 0 unspecified atom stereocenters. The van der Waals surface area contributed by atoms with E-state index in [1.165, 1.54) is 16.7 Å². The summed E-state index contributed by atoms with van der Waals surface area (Å²) in [6, 6.07) is 18.8. The second-order valence-electron chi connectivity index (χ2n) is 6.48. The van der Waals surface area contributed by atoms with Crippen molar-refractivity contribution in [1.82, 2.24) is 10.3 Å². The van der Waals surface area contributed by atoms with Crippen molar-refractivity contribution in [2.24, 2.45) is 0 Å². The lowest BCUT2D eigenvalue weighted by Gasteiger charge is -2.19. The number of nitrogens with zero attached hydrogens (tertiary/aromatic N) is 1. The molecule has 1 N–H and O–H groups in total. The molecule has 0 bridgehead atoms. The van der Waals surface area contributed by atoms with Crippen LogP contribution in [0.4, 0.5) is 0 Å². The number of aromatic nitrogens is 1. The van der Waals surface area contributed by atoms with Gasteiger partial charge in [0.15, 0.2) is 0 Å². The van der Waals surface area contributed by atoms with Crippen molar-refractivity contribution in [3.8, 4) is 16.9 Å². The van der Waals surface area contributed by atoms with Crippen LogP contribution in [0.25, 0.3) is 17.2 Å². The van der Waals surface area contributed by atoms with Crippen LogP contribution >= 0.6 is 0 Å². The zero-order valence-electron chi connectivity index (χ0n) is 14.7. The monoisotopic (exact) mass is 342 g/mol. The number of rotatable bonds is 5. The summed E-state index contributed by atoms with van der Waals surface area (Å²) >= 11 is 0. The van der Waals surface area contributed by atoms with Gasteiger partial charge in [-0.15, -0.1) is 0 Å². The molecule has 0 aliphatic carbocycles. The Kier molecular flexibility index (Phi) is 4.80. The Morgan fingerprint density at radius 1 is 1.08 bits per heavy atom. The Morgan fingerprint density at radius 2 is 2.04 bits per heavy atom. The van der Waals surface area contributed by atoms with Gasteiger partial charge in [0.2, 0.25) is 0 Å². The molecule has 1 aromatic heterocycles. The summed E-state index contributed by atoms with van der Waals surface area (Å²) < 4.78 is 6.11. The number of nitrogens with one attached hydrogen (secondary N) is 1. The average molecular weight is 342 g/mol. The largest absolute Gasteiger partial charge is 0.487 e. The van der Waals surface area contributed by atoms with Crippen LogP contribution in [0.1, 0.15) is 22.4 Å². The van der Waals surface area contributed by atoms with Crippen LogP contribution in [-0.2, 0) is 19.6 Å². The molecule has 2 heterocycles. The van der Waals surface area contributed by atoms with Crippen LogP contribution in [0.5, 0.6) is 5.75 Å². The fourth-order valence-electron chi connectivity index (χ4n) is 3.31. The second-order valence-corrected chi connectivity index (χ2v) is 6.48. The first-order valence-electron chi connectivity index (χ1n) is 8.95. The maximum absolute atomic E-state index is 6.11. The molecule has 0 saturated heterocycles. The van der Waals surface area contributed by atoms with E-state index in [9.17, 15) is 0 Å². The van der Waals surface area contributed by atoms with Crippen LogP contribution in [0.15, 0.2) is 67.4 Å². The van der Waals surface area contributed by atoms with Gasteiger partial charge in [0.05, 0.1) is 5.69 Å². The molecule has 4 rings (SSSR count). The number of hydrogen-bond donors (Lipinski definition) is 1. The van der Waals surface area contributed by atoms with Crippen molar-refractivity contribution in [3.05, 3.63) is 89.8 Å². The zero-order valence-corrected chi connectivity index (χ0v) is 14.7. The Hall–Kier alpha value is -2.91. The van der Waals surface area contributed by atoms with E-state index in [4.69, 9.17) is 4.74 Å². The van der Waals surface area contributed by atoms with Gasteiger partial charge >= 0.3 is 0 Å². The van der Waals surface area contributed by atoms with E-state index in [2.05, 4.69) is 41.1 Å². The molecule has 130 valence electrons. The average Bonchev–Trinajstić information content (AvgIpc) is 2.72. The minimum Gasteiger partial charge on any atom is -0.487 e. The predicted octanol–water partition coefficient (Wildman–Crippen LogP) is 4.62. The van der Waals surface area contributed by atoms with Crippen molar-refractivity contribution in [2.75, 3.05) is 6.54 Å². The quantitative estimate of drug-likeness (QED) is 0.735. The Labute approximate surface area is 154 Å². The first-order chi connectivity index (χ1) is 12.8. The van der Waals surface area contributed by atoms with E-state index in [0.717, 1.165) is 42.1 Å². The molecule has 1 aliphatic heterocycles. The summed E-state index contributed by atoms with van der Waals surface area (Å²) in [6.45, 7) is 6.33. The summed E-state index contributed by atoms with van der Waals surface area (Å²) in [5.74, 6) is 0.866. The molecule has 3 aromatic rings. The Bertz CT molecular complexity index is 919. The lowest BCUT2D eigenvalue weighted by atomic mass is 9.94.